The van der Waals surface area contributed by atoms with Crippen LogP contribution in [0.4, 0.5) is 0 Å². The lowest BCUT2D eigenvalue weighted by atomic mass is 9.72. The minimum atomic E-state index is -1.08. The van der Waals surface area contributed by atoms with Crippen LogP contribution in [0, 0.1) is 5.41 Å². The highest BCUT2D eigenvalue weighted by Gasteiger charge is 2.26. The smallest absolute Gasteiger partial charge is 0.311 e. The van der Waals surface area contributed by atoms with Crippen molar-refractivity contribution in [3.63, 3.8) is 0 Å². The number of carboxylic acid groups (broad SMARTS) is 1. The molecule has 3 heteroatoms. The molecule has 0 radical (unpaired) electrons. The molecule has 0 atom stereocenters. The average Bonchev–Trinajstić information content (AvgIpc) is 2.14. The Morgan fingerprint density at radius 2 is 2.06 bits per heavy atom. The molecule has 0 heterocycles. The first kappa shape index (κ1) is 13.7. The van der Waals surface area contributed by atoms with Gasteiger partial charge in [-0.2, -0.15) is 0 Å². The molecule has 0 spiro atoms. The van der Waals surface area contributed by atoms with Crippen molar-refractivity contribution in [2.24, 2.45) is 5.41 Å². The third-order valence-electron chi connectivity index (χ3n) is 3.30. The summed E-state index contributed by atoms with van der Waals surface area (Å²) in [7, 11) is 0. The van der Waals surface area contributed by atoms with E-state index >= 15 is 0 Å². The van der Waals surface area contributed by atoms with Crippen molar-refractivity contribution in [1.29, 1.82) is 0 Å². The van der Waals surface area contributed by atoms with Gasteiger partial charge in [0.15, 0.2) is 5.78 Å². The molecule has 0 fully saturated rings. The van der Waals surface area contributed by atoms with E-state index in [9.17, 15) is 9.59 Å². The summed E-state index contributed by atoms with van der Waals surface area (Å²) >= 11 is 0. The molecule has 1 aliphatic carbocycles. The summed E-state index contributed by atoms with van der Waals surface area (Å²) in [5.74, 6) is -1.42. The molecule has 1 rings (SSSR count). The molecule has 94 valence electrons. The van der Waals surface area contributed by atoms with Crippen LogP contribution in [0.2, 0.25) is 0 Å². The molecule has 0 aliphatic heterocycles. The fraction of sp³-hybridized carbons (Fsp3) is 0.571. The minimum Gasteiger partial charge on any atom is -0.481 e. The average molecular weight is 236 g/mol. The van der Waals surface area contributed by atoms with Crippen LogP contribution in [0.3, 0.4) is 0 Å². The highest BCUT2D eigenvalue weighted by Crippen LogP contribution is 2.40. The molecular weight excluding hydrogens is 216 g/mol. The summed E-state index contributed by atoms with van der Waals surface area (Å²) in [6.07, 6.45) is 6.13. The number of aliphatic carboxylic acids is 1. The third kappa shape index (κ3) is 3.84. The maximum Gasteiger partial charge on any atom is 0.311 e. The van der Waals surface area contributed by atoms with Crippen LogP contribution in [-0.2, 0) is 9.59 Å². The van der Waals surface area contributed by atoms with Crippen LogP contribution in [-0.4, -0.2) is 16.9 Å². The summed E-state index contributed by atoms with van der Waals surface area (Å²) in [5.41, 5.74) is 2.57. The number of carbonyl (C=O) groups is 2. The zero-order valence-electron chi connectivity index (χ0n) is 10.7. The van der Waals surface area contributed by atoms with Crippen molar-refractivity contribution >= 4 is 11.8 Å². The van der Waals surface area contributed by atoms with E-state index in [-0.39, 0.29) is 11.2 Å². The number of carbonyl (C=O) groups excluding carboxylic acids is 1. The predicted molar refractivity (Wildman–Crippen MR) is 66.7 cm³/mol. The maximum absolute atomic E-state index is 11.3. The Bertz CT molecular complexity index is 386. The van der Waals surface area contributed by atoms with Crippen molar-refractivity contribution in [3.8, 4) is 0 Å². The summed E-state index contributed by atoms with van der Waals surface area (Å²) in [4.78, 5) is 21.7. The summed E-state index contributed by atoms with van der Waals surface area (Å²) in [6.45, 7) is 6.41. The molecule has 0 aromatic rings. The molecule has 0 saturated heterocycles. The molecule has 0 bridgehead atoms. The second kappa shape index (κ2) is 5.30. The number of hydrogen-bond donors (Lipinski definition) is 1. The van der Waals surface area contributed by atoms with Crippen molar-refractivity contribution in [1.82, 2.24) is 0 Å². The van der Waals surface area contributed by atoms with Crippen LogP contribution < -0.4 is 0 Å². The largest absolute Gasteiger partial charge is 0.481 e. The number of allylic oxidation sites excluding steroid dienone is 4. The van der Waals surface area contributed by atoms with E-state index in [0.29, 0.717) is 0 Å². The first-order valence-electron chi connectivity index (χ1n) is 5.96. The normalized spacial score (nSPS) is 19.7. The highest BCUT2D eigenvalue weighted by molar-refractivity contribution is 6.01. The standard InChI is InChI=1S/C14H20O3/c1-10-5-4-8-14(2,3)12(10)7-6-11(15)9-13(16)17/h6-7H,4-5,8-9H2,1-3H3,(H,16,17). The number of hydrogen-bond acceptors (Lipinski definition) is 2. The van der Waals surface area contributed by atoms with Gasteiger partial charge in [-0.05, 0) is 43.3 Å². The number of carboxylic acids is 1. The number of ketones is 1. The van der Waals surface area contributed by atoms with Gasteiger partial charge in [-0.1, -0.05) is 25.5 Å². The molecule has 3 nitrogen and oxygen atoms in total. The molecular formula is C14H20O3. The van der Waals surface area contributed by atoms with Gasteiger partial charge in [0, 0.05) is 0 Å². The van der Waals surface area contributed by atoms with Crippen LogP contribution >= 0.6 is 0 Å². The molecule has 0 aromatic heterocycles. The second-order valence-corrected chi connectivity index (χ2v) is 5.30. The van der Waals surface area contributed by atoms with Crippen molar-refractivity contribution in [3.05, 3.63) is 23.3 Å². The van der Waals surface area contributed by atoms with E-state index in [1.807, 2.05) is 0 Å². The number of rotatable bonds is 4. The zero-order chi connectivity index (χ0) is 13.1. The zero-order valence-corrected chi connectivity index (χ0v) is 10.7. The molecule has 1 N–H and O–H groups in total. The quantitative estimate of drug-likeness (QED) is 0.602. The molecule has 1 aliphatic rings. The van der Waals surface area contributed by atoms with Gasteiger partial charge in [-0.25, -0.2) is 0 Å². The van der Waals surface area contributed by atoms with Crippen LogP contribution in [0.25, 0.3) is 0 Å². The van der Waals surface area contributed by atoms with Gasteiger partial charge in [0.05, 0.1) is 0 Å². The first-order valence-corrected chi connectivity index (χ1v) is 5.96. The van der Waals surface area contributed by atoms with Gasteiger partial charge in [0.1, 0.15) is 6.42 Å². The topological polar surface area (TPSA) is 54.4 Å². The fourth-order valence-electron chi connectivity index (χ4n) is 2.39. The van der Waals surface area contributed by atoms with E-state index in [2.05, 4.69) is 20.8 Å². The monoisotopic (exact) mass is 236 g/mol. The fourth-order valence-corrected chi connectivity index (χ4v) is 2.39. The van der Waals surface area contributed by atoms with E-state index in [0.717, 1.165) is 12.8 Å². The molecule has 17 heavy (non-hydrogen) atoms. The molecule has 0 saturated carbocycles. The first-order chi connectivity index (χ1) is 7.83. The Morgan fingerprint density at radius 1 is 1.41 bits per heavy atom. The Kier molecular flexibility index (Phi) is 4.27. The molecule has 0 amide bonds. The van der Waals surface area contributed by atoms with Gasteiger partial charge >= 0.3 is 5.97 Å². The van der Waals surface area contributed by atoms with Crippen LogP contribution in [0.1, 0.15) is 46.5 Å². The molecule has 0 aromatic carbocycles. The highest BCUT2D eigenvalue weighted by atomic mass is 16.4. The Morgan fingerprint density at radius 3 is 2.59 bits per heavy atom. The maximum atomic E-state index is 11.3. The third-order valence-corrected chi connectivity index (χ3v) is 3.30. The summed E-state index contributed by atoms with van der Waals surface area (Å²) < 4.78 is 0. The summed E-state index contributed by atoms with van der Waals surface area (Å²) in [6, 6.07) is 0. The van der Waals surface area contributed by atoms with E-state index in [1.165, 1.54) is 23.6 Å². The SMILES string of the molecule is CC1=C(C=CC(=O)CC(=O)O)C(C)(C)CCC1. The van der Waals surface area contributed by atoms with Crippen molar-refractivity contribution in [2.45, 2.75) is 46.5 Å². The van der Waals surface area contributed by atoms with Gasteiger partial charge in [0.2, 0.25) is 0 Å². The van der Waals surface area contributed by atoms with Crippen molar-refractivity contribution < 1.29 is 14.7 Å². The van der Waals surface area contributed by atoms with Crippen LogP contribution in [0.15, 0.2) is 23.3 Å². The lowest BCUT2D eigenvalue weighted by Gasteiger charge is -2.32. The van der Waals surface area contributed by atoms with Gasteiger partial charge < -0.3 is 5.11 Å². The van der Waals surface area contributed by atoms with Gasteiger partial charge in [-0.15, -0.1) is 0 Å². The Labute approximate surface area is 102 Å². The Balaban J connectivity index is 2.82. The predicted octanol–water partition coefficient (Wildman–Crippen LogP) is 3.11. The minimum absolute atomic E-state index is 0.0857. The van der Waals surface area contributed by atoms with Crippen molar-refractivity contribution in [2.75, 3.05) is 0 Å². The lowest BCUT2D eigenvalue weighted by Crippen LogP contribution is -2.19. The molecule has 0 unspecified atom stereocenters. The van der Waals surface area contributed by atoms with E-state index in [1.54, 1.807) is 6.08 Å². The Hall–Kier alpha value is -1.38. The summed E-state index contributed by atoms with van der Waals surface area (Å²) in [5, 5.41) is 8.51. The van der Waals surface area contributed by atoms with Gasteiger partial charge in [0.25, 0.3) is 0 Å². The van der Waals surface area contributed by atoms with Crippen LogP contribution in [0.5, 0.6) is 0 Å². The van der Waals surface area contributed by atoms with E-state index in [4.69, 9.17) is 5.11 Å². The second-order valence-electron chi connectivity index (χ2n) is 5.30. The lowest BCUT2D eigenvalue weighted by molar-refractivity contribution is -0.139. The van der Waals surface area contributed by atoms with Gasteiger partial charge in [-0.3, -0.25) is 9.59 Å². The van der Waals surface area contributed by atoms with E-state index < -0.39 is 12.4 Å².